The van der Waals surface area contributed by atoms with Crippen LogP contribution in [0.5, 0.6) is 0 Å². The van der Waals surface area contributed by atoms with Gasteiger partial charge in [0.05, 0.1) is 6.42 Å². The Balaban J connectivity index is 2.58. The number of aromatic nitrogens is 1. The predicted molar refractivity (Wildman–Crippen MR) is 35.4 cm³/mol. The topological polar surface area (TPSA) is 32.9 Å². The minimum atomic E-state index is -0.336. The molecule has 0 aliphatic carbocycles. The first-order valence-corrected chi connectivity index (χ1v) is 2.97. The monoisotopic (exact) mass is 143 g/mol. The quantitative estimate of drug-likeness (QED) is 0.623. The first kappa shape index (κ1) is 6.36. The Morgan fingerprint density at radius 3 is 3.00 bits per heavy atom. The van der Waals surface area contributed by atoms with Crippen LogP contribution >= 0.6 is 11.6 Å². The van der Waals surface area contributed by atoms with Crippen LogP contribution in [-0.4, -0.2) is 10.2 Å². The van der Waals surface area contributed by atoms with Gasteiger partial charge in [-0.1, -0.05) is 0 Å². The molecule has 1 N–H and O–H groups in total. The van der Waals surface area contributed by atoms with Crippen molar-refractivity contribution in [1.82, 2.24) is 4.98 Å². The van der Waals surface area contributed by atoms with E-state index >= 15 is 0 Å². The van der Waals surface area contributed by atoms with Crippen molar-refractivity contribution in [2.24, 2.45) is 0 Å². The second-order valence-electron chi connectivity index (χ2n) is 1.73. The van der Waals surface area contributed by atoms with Gasteiger partial charge in [-0.2, -0.15) is 0 Å². The van der Waals surface area contributed by atoms with E-state index in [-0.39, 0.29) is 11.7 Å². The van der Waals surface area contributed by atoms with Gasteiger partial charge in [-0.25, -0.2) is 0 Å². The largest absolute Gasteiger partial charge is 0.365 e. The summed E-state index contributed by atoms with van der Waals surface area (Å²) >= 11 is 5.11. The maximum atomic E-state index is 10.3. The highest BCUT2D eigenvalue weighted by atomic mass is 35.5. The zero-order valence-corrected chi connectivity index (χ0v) is 5.48. The average molecular weight is 144 g/mol. The number of carbonyl (C=O) groups excluding carboxylic acids is 1. The summed E-state index contributed by atoms with van der Waals surface area (Å²) < 4.78 is 0. The highest BCUT2D eigenvalue weighted by Crippen LogP contribution is 1.97. The number of H-pyrrole nitrogens is 1. The van der Waals surface area contributed by atoms with Gasteiger partial charge in [0.15, 0.2) is 0 Å². The summed E-state index contributed by atoms with van der Waals surface area (Å²) in [5.41, 5.74) is 0.856. The lowest BCUT2D eigenvalue weighted by atomic mass is 10.3. The molecular weight excluding hydrogens is 138 g/mol. The fourth-order valence-corrected chi connectivity index (χ4v) is 0.771. The van der Waals surface area contributed by atoms with E-state index in [9.17, 15) is 4.79 Å². The maximum absolute atomic E-state index is 10.3. The van der Waals surface area contributed by atoms with Crippen molar-refractivity contribution in [2.45, 2.75) is 6.42 Å². The minimum absolute atomic E-state index is 0.286. The van der Waals surface area contributed by atoms with Gasteiger partial charge in [0, 0.05) is 11.9 Å². The molecule has 48 valence electrons. The van der Waals surface area contributed by atoms with Gasteiger partial charge >= 0.3 is 0 Å². The lowest BCUT2D eigenvalue weighted by Crippen LogP contribution is -1.92. The third-order valence-electron chi connectivity index (χ3n) is 0.992. The van der Waals surface area contributed by atoms with Crippen LogP contribution in [0.1, 0.15) is 5.69 Å². The number of hydrogen-bond acceptors (Lipinski definition) is 1. The van der Waals surface area contributed by atoms with Crippen LogP contribution < -0.4 is 0 Å². The van der Waals surface area contributed by atoms with Crippen LogP contribution in [0.3, 0.4) is 0 Å². The summed E-state index contributed by atoms with van der Waals surface area (Å²) in [5.74, 6) is 0. The summed E-state index contributed by atoms with van der Waals surface area (Å²) in [7, 11) is 0. The smallest absolute Gasteiger partial charge is 0.227 e. The molecule has 0 aromatic carbocycles. The molecule has 1 aromatic heterocycles. The van der Waals surface area contributed by atoms with Gasteiger partial charge < -0.3 is 4.98 Å². The normalized spacial score (nSPS) is 9.44. The molecule has 1 rings (SSSR count). The molecule has 0 fully saturated rings. The molecule has 9 heavy (non-hydrogen) atoms. The zero-order valence-electron chi connectivity index (χ0n) is 4.73. The van der Waals surface area contributed by atoms with E-state index in [0.29, 0.717) is 0 Å². The first-order chi connectivity index (χ1) is 4.29. The molecule has 0 atom stereocenters. The van der Waals surface area contributed by atoms with Crippen molar-refractivity contribution < 1.29 is 4.79 Å². The second kappa shape index (κ2) is 2.69. The molecule has 1 aromatic rings. The molecular formula is C6H6ClNO. The molecule has 0 spiro atoms. The Morgan fingerprint density at radius 2 is 2.56 bits per heavy atom. The summed E-state index contributed by atoms with van der Waals surface area (Å²) in [6.07, 6.45) is 2.05. The third kappa shape index (κ3) is 1.90. The summed E-state index contributed by atoms with van der Waals surface area (Å²) in [6.45, 7) is 0. The average Bonchev–Trinajstić information content (AvgIpc) is 2.15. The van der Waals surface area contributed by atoms with Crippen LogP contribution in [0, 0.1) is 0 Å². The SMILES string of the molecule is O=C(Cl)Cc1ccc[nH]1. The molecule has 0 saturated heterocycles. The molecule has 0 amide bonds. The molecule has 2 nitrogen and oxygen atoms in total. The van der Waals surface area contributed by atoms with E-state index in [4.69, 9.17) is 11.6 Å². The molecule has 0 saturated carbocycles. The predicted octanol–water partition coefficient (Wildman–Crippen LogP) is 1.32. The van der Waals surface area contributed by atoms with Crippen molar-refractivity contribution in [3.8, 4) is 0 Å². The fourth-order valence-electron chi connectivity index (χ4n) is 0.627. The van der Waals surface area contributed by atoms with Gasteiger partial charge in [0.1, 0.15) is 0 Å². The van der Waals surface area contributed by atoms with Gasteiger partial charge in [-0.05, 0) is 23.7 Å². The Morgan fingerprint density at radius 1 is 1.78 bits per heavy atom. The molecule has 0 aliphatic rings. The lowest BCUT2D eigenvalue weighted by Gasteiger charge is -1.86. The fraction of sp³-hybridized carbons (Fsp3) is 0.167. The standard InChI is InChI=1S/C6H6ClNO/c7-6(9)4-5-2-1-3-8-5/h1-3,8H,4H2. The van der Waals surface area contributed by atoms with E-state index < -0.39 is 0 Å². The summed E-state index contributed by atoms with van der Waals surface area (Å²) in [6, 6.07) is 3.65. The molecule has 0 unspecified atom stereocenters. The minimum Gasteiger partial charge on any atom is -0.365 e. The lowest BCUT2D eigenvalue weighted by molar-refractivity contribution is -0.111. The number of nitrogens with one attached hydrogen (secondary N) is 1. The Bertz CT molecular complexity index is 193. The molecule has 0 bridgehead atoms. The van der Waals surface area contributed by atoms with Crippen LogP contribution in [0.4, 0.5) is 0 Å². The van der Waals surface area contributed by atoms with E-state index in [1.54, 1.807) is 6.20 Å². The van der Waals surface area contributed by atoms with Crippen molar-refractivity contribution in [3.63, 3.8) is 0 Å². The Kier molecular flexibility index (Phi) is 1.90. The van der Waals surface area contributed by atoms with Gasteiger partial charge in [-0.15, -0.1) is 0 Å². The number of hydrogen-bond donors (Lipinski definition) is 1. The van der Waals surface area contributed by atoms with E-state index in [0.717, 1.165) is 5.69 Å². The second-order valence-corrected chi connectivity index (χ2v) is 2.15. The van der Waals surface area contributed by atoms with Crippen molar-refractivity contribution in [2.75, 3.05) is 0 Å². The van der Waals surface area contributed by atoms with Gasteiger partial charge in [0.2, 0.25) is 5.24 Å². The van der Waals surface area contributed by atoms with Crippen LogP contribution in [0.2, 0.25) is 0 Å². The zero-order chi connectivity index (χ0) is 6.69. The number of carbonyl (C=O) groups is 1. The van der Waals surface area contributed by atoms with E-state index in [1.165, 1.54) is 0 Å². The first-order valence-electron chi connectivity index (χ1n) is 2.59. The molecule has 0 aliphatic heterocycles. The van der Waals surface area contributed by atoms with Crippen LogP contribution in [0.15, 0.2) is 18.3 Å². The van der Waals surface area contributed by atoms with Crippen molar-refractivity contribution in [1.29, 1.82) is 0 Å². The van der Waals surface area contributed by atoms with Gasteiger partial charge in [-0.3, -0.25) is 4.79 Å². The maximum Gasteiger partial charge on any atom is 0.227 e. The van der Waals surface area contributed by atoms with E-state index in [2.05, 4.69) is 4.98 Å². The molecule has 1 heterocycles. The van der Waals surface area contributed by atoms with Crippen LogP contribution in [-0.2, 0) is 11.2 Å². The highest BCUT2D eigenvalue weighted by Gasteiger charge is 1.97. The van der Waals surface area contributed by atoms with Crippen molar-refractivity contribution in [3.05, 3.63) is 24.0 Å². The van der Waals surface area contributed by atoms with Crippen molar-refractivity contribution >= 4 is 16.8 Å². The Labute approximate surface area is 57.8 Å². The molecule has 3 heteroatoms. The number of halogens is 1. The summed E-state index contributed by atoms with van der Waals surface area (Å²) in [5, 5.41) is -0.336. The third-order valence-corrected chi connectivity index (χ3v) is 1.13. The highest BCUT2D eigenvalue weighted by molar-refractivity contribution is 6.63. The number of aromatic amines is 1. The van der Waals surface area contributed by atoms with Crippen LogP contribution in [0.25, 0.3) is 0 Å². The number of rotatable bonds is 2. The van der Waals surface area contributed by atoms with Gasteiger partial charge in [0.25, 0.3) is 0 Å². The Hall–Kier alpha value is -0.760. The van der Waals surface area contributed by atoms with E-state index in [1.807, 2.05) is 12.1 Å². The summed E-state index contributed by atoms with van der Waals surface area (Å²) in [4.78, 5) is 13.1. The molecule has 0 radical (unpaired) electrons.